The molecule has 0 radical (unpaired) electrons. The highest BCUT2D eigenvalue weighted by molar-refractivity contribution is 7.90. The molecule has 1 aliphatic heterocycles. The Bertz CT molecular complexity index is 555. The lowest BCUT2D eigenvalue weighted by Gasteiger charge is -2.24. The Labute approximate surface area is 122 Å². The maximum Gasteiger partial charge on any atom is 0.179 e. The molecule has 0 N–H and O–H groups in total. The second kappa shape index (κ2) is 6.12. The number of sulfone groups is 1. The van der Waals surface area contributed by atoms with E-state index >= 15 is 0 Å². The molecule has 0 saturated carbocycles. The molecule has 1 aromatic rings. The van der Waals surface area contributed by atoms with Gasteiger partial charge in [0.15, 0.2) is 9.84 Å². The molecule has 1 unspecified atom stereocenters. The first-order valence-electron chi connectivity index (χ1n) is 7.29. The Morgan fingerprint density at radius 1 is 1.30 bits per heavy atom. The van der Waals surface area contributed by atoms with Crippen molar-refractivity contribution in [2.75, 3.05) is 24.2 Å². The third-order valence-electron chi connectivity index (χ3n) is 4.17. The molecular formula is C15H24N2O2S. The summed E-state index contributed by atoms with van der Waals surface area (Å²) in [6.07, 6.45) is 6.35. The van der Waals surface area contributed by atoms with Crippen LogP contribution in [0.2, 0.25) is 0 Å². The van der Waals surface area contributed by atoms with Crippen molar-refractivity contribution in [2.45, 2.75) is 38.0 Å². The van der Waals surface area contributed by atoms with E-state index in [-0.39, 0.29) is 0 Å². The van der Waals surface area contributed by atoms with Crippen LogP contribution in [0.3, 0.4) is 0 Å². The minimum absolute atomic E-state index is 0.350. The van der Waals surface area contributed by atoms with Crippen LogP contribution in [0.4, 0.5) is 5.82 Å². The molecule has 0 bridgehead atoms. The molecule has 1 aliphatic rings. The normalized spacial score (nSPS) is 21.0. The maximum atomic E-state index is 11.9. The number of aromatic nitrogens is 1. The monoisotopic (exact) mass is 296 g/mol. The lowest BCUT2D eigenvalue weighted by molar-refractivity contribution is 0.351. The van der Waals surface area contributed by atoms with Gasteiger partial charge in [-0.1, -0.05) is 13.8 Å². The van der Waals surface area contributed by atoms with Crippen molar-refractivity contribution >= 4 is 15.7 Å². The average molecular weight is 296 g/mol. The van der Waals surface area contributed by atoms with Crippen LogP contribution in [0.25, 0.3) is 0 Å². The number of nitrogens with zero attached hydrogens (tertiary/aromatic N) is 2. The highest BCUT2D eigenvalue weighted by atomic mass is 32.2. The van der Waals surface area contributed by atoms with Crippen LogP contribution in [0, 0.1) is 11.8 Å². The van der Waals surface area contributed by atoms with Gasteiger partial charge in [-0.15, -0.1) is 0 Å². The summed E-state index contributed by atoms with van der Waals surface area (Å²) in [4.78, 5) is 6.81. The van der Waals surface area contributed by atoms with Crippen molar-refractivity contribution in [3.63, 3.8) is 0 Å². The van der Waals surface area contributed by atoms with E-state index in [9.17, 15) is 8.42 Å². The summed E-state index contributed by atoms with van der Waals surface area (Å²) in [7, 11) is -3.23. The Balaban J connectivity index is 2.25. The third kappa shape index (κ3) is 3.51. The zero-order valence-corrected chi connectivity index (χ0v) is 13.4. The molecule has 20 heavy (non-hydrogen) atoms. The SMILES string of the molecule is CC(C)C1CCCN(c2ncccc2S(C)(=O)=O)CC1. The van der Waals surface area contributed by atoms with Gasteiger partial charge < -0.3 is 4.90 Å². The van der Waals surface area contributed by atoms with Crippen molar-refractivity contribution in [3.05, 3.63) is 18.3 Å². The van der Waals surface area contributed by atoms with Gasteiger partial charge in [0.1, 0.15) is 10.7 Å². The zero-order valence-electron chi connectivity index (χ0n) is 12.5. The fourth-order valence-electron chi connectivity index (χ4n) is 2.91. The minimum Gasteiger partial charge on any atom is -0.356 e. The lowest BCUT2D eigenvalue weighted by Crippen LogP contribution is -2.27. The minimum atomic E-state index is -3.23. The van der Waals surface area contributed by atoms with Crippen LogP contribution >= 0.6 is 0 Å². The molecule has 0 aromatic carbocycles. The number of hydrogen-bond donors (Lipinski definition) is 0. The van der Waals surface area contributed by atoms with E-state index in [1.807, 2.05) is 0 Å². The Morgan fingerprint density at radius 3 is 2.70 bits per heavy atom. The second-order valence-corrected chi connectivity index (χ2v) is 8.00. The van der Waals surface area contributed by atoms with Crippen molar-refractivity contribution in [2.24, 2.45) is 11.8 Å². The highest BCUT2D eigenvalue weighted by Crippen LogP contribution is 2.29. The molecule has 0 spiro atoms. The molecule has 2 heterocycles. The Morgan fingerprint density at radius 2 is 2.05 bits per heavy atom. The summed E-state index contributed by atoms with van der Waals surface area (Å²) in [6, 6.07) is 3.34. The molecule has 1 saturated heterocycles. The van der Waals surface area contributed by atoms with E-state index in [2.05, 4.69) is 23.7 Å². The number of rotatable bonds is 3. The van der Waals surface area contributed by atoms with Gasteiger partial charge in [-0.25, -0.2) is 13.4 Å². The Hall–Kier alpha value is -1.10. The van der Waals surface area contributed by atoms with Gasteiger partial charge in [0, 0.05) is 25.5 Å². The molecule has 5 heteroatoms. The van der Waals surface area contributed by atoms with Gasteiger partial charge in [0.05, 0.1) is 0 Å². The maximum absolute atomic E-state index is 11.9. The van der Waals surface area contributed by atoms with Crippen LogP contribution in [-0.4, -0.2) is 32.7 Å². The fraction of sp³-hybridized carbons (Fsp3) is 0.667. The van der Waals surface area contributed by atoms with Crippen molar-refractivity contribution in [3.8, 4) is 0 Å². The summed E-state index contributed by atoms with van der Waals surface area (Å²) in [5, 5.41) is 0. The Kier molecular flexibility index (Phi) is 4.68. The van der Waals surface area contributed by atoms with Gasteiger partial charge in [0.2, 0.25) is 0 Å². The van der Waals surface area contributed by atoms with Crippen molar-refractivity contribution < 1.29 is 8.42 Å². The number of anilines is 1. The van der Waals surface area contributed by atoms with Crippen LogP contribution < -0.4 is 4.90 Å². The quantitative estimate of drug-likeness (QED) is 0.860. The van der Waals surface area contributed by atoms with E-state index in [0.29, 0.717) is 16.6 Å². The molecule has 4 nitrogen and oxygen atoms in total. The van der Waals surface area contributed by atoms with Crippen molar-refractivity contribution in [1.29, 1.82) is 0 Å². The molecular weight excluding hydrogens is 272 g/mol. The van der Waals surface area contributed by atoms with Gasteiger partial charge in [-0.3, -0.25) is 0 Å². The largest absolute Gasteiger partial charge is 0.356 e. The molecule has 0 amide bonds. The van der Waals surface area contributed by atoms with Gasteiger partial charge in [0.25, 0.3) is 0 Å². The molecule has 1 aromatic heterocycles. The van der Waals surface area contributed by atoms with E-state index in [4.69, 9.17) is 0 Å². The summed E-state index contributed by atoms with van der Waals surface area (Å²) in [5.74, 6) is 2.04. The van der Waals surface area contributed by atoms with Gasteiger partial charge in [-0.2, -0.15) is 0 Å². The molecule has 1 atom stereocenters. The topological polar surface area (TPSA) is 50.3 Å². The van der Waals surface area contributed by atoms with Gasteiger partial charge >= 0.3 is 0 Å². The summed E-state index contributed by atoms with van der Waals surface area (Å²) in [6.45, 7) is 6.32. The lowest BCUT2D eigenvalue weighted by atomic mass is 9.89. The van der Waals surface area contributed by atoms with E-state index in [1.54, 1.807) is 18.3 Å². The summed E-state index contributed by atoms with van der Waals surface area (Å²) in [5.41, 5.74) is 0. The third-order valence-corrected chi connectivity index (χ3v) is 5.28. The molecule has 0 aliphatic carbocycles. The summed E-state index contributed by atoms with van der Waals surface area (Å²) >= 11 is 0. The molecule has 2 rings (SSSR count). The van der Waals surface area contributed by atoms with Crippen LogP contribution in [0.1, 0.15) is 33.1 Å². The van der Waals surface area contributed by atoms with Crippen LogP contribution in [0.5, 0.6) is 0 Å². The predicted octanol–water partition coefficient (Wildman–Crippen LogP) is 2.75. The first kappa shape index (κ1) is 15.3. The molecule has 1 fully saturated rings. The number of pyridine rings is 1. The first-order chi connectivity index (χ1) is 9.39. The average Bonchev–Trinajstić information content (AvgIpc) is 2.63. The first-order valence-corrected chi connectivity index (χ1v) is 9.18. The highest BCUT2D eigenvalue weighted by Gasteiger charge is 2.24. The predicted molar refractivity (Wildman–Crippen MR) is 81.7 cm³/mol. The van der Waals surface area contributed by atoms with E-state index in [1.165, 1.54) is 12.7 Å². The van der Waals surface area contributed by atoms with Gasteiger partial charge in [-0.05, 0) is 43.2 Å². The van der Waals surface area contributed by atoms with Crippen LogP contribution in [-0.2, 0) is 9.84 Å². The van der Waals surface area contributed by atoms with Crippen LogP contribution in [0.15, 0.2) is 23.2 Å². The zero-order chi connectivity index (χ0) is 14.8. The standard InChI is InChI=1S/C15H24N2O2S/c1-12(2)13-6-5-10-17(11-8-13)15-14(20(3,18)19)7-4-9-16-15/h4,7,9,12-13H,5-6,8,10-11H2,1-3H3. The summed E-state index contributed by atoms with van der Waals surface area (Å²) < 4.78 is 23.8. The second-order valence-electron chi connectivity index (χ2n) is 6.02. The molecule has 112 valence electrons. The van der Waals surface area contributed by atoms with E-state index < -0.39 is 9.84 Å². The van der Waals surface area contributed by atoms with E-state index in [0.717, 1.165) is 31.8 Å². The smallest absolute Gasteiger partial charge is 0.179 e. The number of hydrogen-bond acceptors (Lipinski definition) is 4. The van der Waals surface area contributed by atoms with Crippen molar-refractivity contribution in [1.82, 2.24) is 4.98 Å². The fourth-order valence-corrected chi connectivity index (χ4v) is 3.75.